The minimum absolute atomic E-state index is 0.0571. The molecule has 0 spiro atoms. The van der Waals surface area contributed by atoms with Crippen molar-refractivity contribution in [3.8, 4) is 0 Å². The van der Waals surface area contributed by atoms with Crippen LogP contribution in [0, 0.1) is 0 Å². The van der Waals surface area contributed by atoms with E-state index in [0.717, 1.165) is 11.8 Å². The molecular formula is C6H5ClN2O2S. The van der Waals surface area contributed by atoms with Crippen molar-refractivity contribution in [3.63, 3.8) is 0 Å². The highest BCUT2D eigenvalue weighted by Crippen LogP contribution is 2.21. The zero-order valence-electron chi connectivity index (χ0n) is 5.90. The number of hydrogen-bond acceptors (Lipinski definition) is 4. The first kappa shape index (κ1) is 9.28. The molecule has 64 valence electrons. The van der Waals surface area contributed by atoms with Crippen LogP contribution in [0.5, 0.6) is 0 Å². The van der Waals surface area contributed by atoms with E-state index < -0.39 is 5.97 Å². The summed E-state index contributed by atoms with van der Waals surface area (Å²) in [6, 6.07) is 0. The van der Waals surface area contributed by atoms with E-state index in [2.05, 4.69) is 9.97 Å². The van der Waals surface area contributed by atoms with Crippen molar-refractivity contribution in [2.75, 3.05) is 5.75 Å². The summed E-state index contributed by atoms with van der Waals surface area (Å²) < 4.78 is 0. The Labute approximate surface area is 78.0 Å². The molecule has 0 aliphatic rings. The monoisotopic (exact) mass is 204 g/mol. The number of carboxylic acids is 1. The van der Waals surface area contributed by atoms with E-state index in [1.165, 1.54) is 12.4 Å². The molecule has 0 bridgehead atoms. The molecule has 0 atom stereocenters. The molecule has 0 saturated heterocycles. The number of rotatable bonds is 3. The first-order valence-electron chi connectivity index (χ1n) is 3.01. The molecule has 0 aromatic carbocycles. The molecule has 0 aliphatic carbocycles. The number of aromatic nitrogens is 2. The third kappa shape index (κ3) is 2.67. The second-order valence-corrected chi connectivity index (χ2v) is 3.16. The van der Waals surface area contributed by atoms with Crippen molar-refractivity contribution >= 4 is 29.3 Å². The summed E-state index contributed by atoms with van der Waals surface area (Å²) in [4.78, 5) is 17.8. The van der Waals surface area contributed by atoms with E-state index in [-0.39, 0.29) is 10.9 Å². The van der Waals surface area contributed by atoms with Gasteiger partial charge >= 0.3 is 5.97 Å². The van der Waals surface area contributed by atoms with Gasteiger partial charge in [-0.05, 0) is 0 Å². The van der Waals surface area contributed by atoms with Gasteiger partial charge in [0.05, 0.1) is 5.75 Å². The molecule has 0 radical (unpaired) electrons. The normalized spacial score (nSPS) is 9.75. The second kappa shape index (κ2) is 4.27. The molecule has 0 unspecified atom stereocenters. The Morgan fingerprint density at radius 2 is 2.25 bits per heavy atom. The van der Waals surface area contributed by atoms with E-state index in [0.29, 0.717) is 5.03 Å². The van der Waals surface area contributed by atoms with Crippen molar-refractivity contribution in [1.82, 2.24) is 9.97 Å². The number of thioether (sulfide) groups is 1. The lowest BCUT2D eigenvalue weighted by molar-refractivity contribution is -0.133. The molecule has 1 N–H and O–H groups in total. The third-order valence-electron chi connectivity index (χ3n) is 0.955. The van der Waals surface area contributed by atoms with Crippen LogP contribution in [-0.2, 0) is 4.79 Å². The molecule has 0 amide bonds. The van der Waals surface area contributed by atoms with Gasteiger partial charge in [0.25, 0.3) is 0 Å². The number of nitrogens with zero attached hydrogens (tertiary/aromatic N) is 2. The Bertz CT molecular complexity index is 295. The lowest BCUT2D eigenvalue weighted by Gasteiger charge is -1.97. The lowest BCUT2D eigenvalue weighted by atomic mass is 10.8. The summed E-state index contributed by atoms with van der Waals surface area (Å²) in [5, 5.41) is 9.04. The highest BCUT2D eigenvalue weighted by molar-refractivity contribution is 8.00. The Morgan fingerprint density at radius 1 is 1.58 bits per heavy atom. The maximum Gasteiger partial charge on any atom is 0.313 e. The maximum atomic E-state index is 10.2. The Hall–Kier alpha value is -0.810. The highest BCUT2D eigenvalue weighted by atomic mass is 35.5. The minimum atomic E-state index is -0.901. The van der Waals surface area contributed by atoms with Crippen molar-refractivity contribution in [1.29, 1.82) is 0 Å². The molecule has 1 aromatic rings. The summed E-state index contributed by atoms with van der Waals surface area (Å²) in [6.45, 7) is 0. The zero-order chi connectivity index (χ0) is 8.97. The fraction of sp³-hybridized carbons (Fsp3) is 0.167. The Kier molecular flexibility index (Phi) is 3.31. The van der Waals surface area contributed by atoms with E-state index in [9.17, 15) is 4.79 Å². The van der Waals surface area contributed by atoms with E-state index >= 15 is 0 Å². The third-order valence-corrected chi connectivity index (χ3v) is 2.31. The predicted octanol–water partition coefficient (Wildman–Crippen LogP) is 1.31. The van der Waals surface area contributed by atoms with Gasteiger partial charge in [0.2, 0.25) is 0 Å². The van der Waals surface area contributed by atoms with Gasteiger partial charge in [-0.3, -0.25) is 4.79 Å². The summed E-state index contributed by atoms with van der Waals surface area (Å²) in [5.41, 5.74) is 0. The summed E-state index contributed by atoms with van der Waals surface area (Å²) in [5.74, 6) is -0.958. The first-order chi connectivity index (χ1) is 5.70. The van der Waals surface area contributed by atoms with Crippen LogP contribution < -0.4 is 0 Å². The molecular weight excluding hydrogens is 200 g/mol. The molecule has 12 heavy (non-hydrogen) atoms. The van der Waals surface area contributed by atoms with Crippen LogP contribution in [0.3, 0.4) is 0 Å². The SMILES string of the molecule is O=C(O)CSc1nccnc1Cl. The van der Waals surface area contributed by atoms with Gasteiger partial charge in [-0.15, -0.1) is 0 Å². The van der Waals surface area contributed by atoms with Crippen LogP contribution in [0.15, 0.2) is 17.4 Å². The number of halogens is 1. The van der Waals surface area contributed by atoms with Crippen LogP contribution in [-0.4, -0.2) is 26.8 Å². The molecule has 4 nitrogen and oxygen atoms in total. The quantitative estimate of drug-likeness (QED) is 0.753. The molecule has 0 aliphatic heterocycles. The topological polar surface area (TPSA) is 63.1 Å². The first-order valence-corrected chi connectivity index (χ1v) is 4.37. The van der Waals surface area contributed by atoms with Crippen molar-refractivity contribution in [2.24, 2.45) is 0 Å². The number of carboxylic acid groups (broad SMARTS) is 1. The smallest absolute Gasteiger partial charge is 0.313 e. The van der Waals surface area contributed by atoms with Crippen molar-refractivity contribution in [2.45, 2.75) is 5.03 Å². The molecule has 1 rings (SSSR count). The average molecular weight is 205 g/mol. The second-order valence-electron chi connectivity index (χ2n) is 1.83. The fourth-order valence-corrected chi connectivity index (χ4v) is 1.37. The number of aliphatic carboxylic acids is 1. The molecule has 0 saturated carbocycles. The van der Waals surface area contributed by atoms with E-state index in [4.69, 9.17) is 16.7 Å². The van der Waals surface area contributed by atoms with Gasteiger partial charge in [0.1, 0.15) is 5.03 Å². The molecule has 6 heteroatoms. The van der Waals surface area contributed by atoms with Crippen molar-refractivity contribution < 1.29 is 9.90 Å². The average Bonchev–Trinajstić information content (AvgIpc) is 2.03. The van der Waals surface area contributed by atoms with Crippen LogP contribution in [0.2, 0.25) is 5.15 Å². The Balaban J connectivity index is 2.63. The van der Waals surface area contributed by atoms with Crippen LogP contribution in [0.4, 0.5) is 0 Å². The van der Waals surface area contributed by atoms with Gasteiger partial charge in [-0.1, -0.05) is 23.4 Å². The van der Waals surface area contributed by atoms with Crippen molar-refractivity contribution in [3.05, 3.63) is 17.5 Å². The summed E-state index contributed by atoms with van der Waals surface area (Å²) >= 11 is 6.67. The highest BCUT2D eigenvalue weighted by Gasteiger charge is 2.04. The Morgan fingerprint density at radius 3 is 2.83 bits per heavy atom. The predicted molar refractivity (Wildman–Crippen MR) is 45.4 cm³/mol. The van der Waals surface area contributed by atoms with Gasteiger partial charge < -0.3 is 5.11 Å². The van der Waals surface area contributed by atoms with Crippen LogP contribution in [0.1, 0.15) is 0 Å². The van der Waals surface area contributed by atoms with E-state index in [1.54, 1.807) is 0 Å². The van der Waals surface area contributed by atoms with E-state index in [1.807, 2.05) is 0 Å². The zero-order valence-corrected chi connectivity index (χ0v) is 7.47. The van der Waals surface area contributed by atoms with Gasteiger partial charge in [-0.25, -0.2) is 9.97 Å². The summed E-state index contributed by atoms with van der Waals surface area (Å²) in [7, 11) is 0. The molecule has 1 aromatic heterocycles. The maximum absolute atomic E-state index is 10.2. The van der Waals surface area contributed by atoms with Gasteiger partial charge in [0.15, 0.2) is 5.15 Å². The summed E-state index contributed by atoms with van der Waals surface area (Å²) in [6.07, 6.45) is 2.92. The van der Waals surface area contributed by atoms with Crippen LogP contribution >= 0.6 is 23.4 Å². The van der Waals surface area contributed by atoms with Gasteiger partial charge in [0, 0.05) is 12.4 Å². The number of carbonyl (C=O) groups is 1. The molecule has 0 fully saturated rings. The molecule has 1 heterocycles. The lowest BCUT2D eigenvalue weighted by Crippen LogP contribution is -1.98. The standard InChI is InChI=1S/C6H5ClN2O2S/c7-5-6(9-2-1-8-5)12-3-4(10)11/h1-2H,3H2,(H,10,11). The van der Waals surface area contributed by atoms with Crippen LogP contribution in [0.25, 0.3) is 0 Å². The van der Waals surface area contributed by atoms with Gasteiger partial charge in [-0.2, -0.15) is 0 Å². The largest absolute Gasteiger partial charge is 0.481 e. The number of hydrogen-bond donors (Lipinski definition) is 1. The fourth-order valence-electron chi connectivity index (χ4n) is 0.535. The minimum Gasteiger partial charge on any atom is -0.481 e.